The minimum atomic E-state index is -0.115. The number of nitrogens with one attached hydrogen (secondary N) is 1. The zero-order valence-corrected chi connectivity index (χ0v) is 15.1. The molecule has 2 atom stereocenters. The van der Waals surface area contributed by atoms with E-state index in [1.54, 1.807) is 18.0 Å². The van der Waals surface area contributed by atoms with Gasteiger partial charge in [-0.1, -0.05) is 0 Å². The molecule has 2 unspecified atom stereocenters. The van der Waals surface area contributed by atoms with Crippen molar-refractivity contribution in [3.63, 3.8) is 0 Å². The number of likely N-dealkylation sites (tertiary alicyclic amines) is 1. The number of nitrogens with zero attached hydrogens (tertiary/aromatic N) is 5. The van der Waals surface area contributed by atoms with E-state index in [0.717, 1.165) is 31.5 Å². The molecular formula is C17H26N6O2. The molecule has 25 heavy (non-hydrogen) atoms. The predicted octanol–water partition coefficient (Wildman–Crippen LogP) is 2.58. The number of ether oxygens (including phenoxy) is 1. The number of piperidine rings is 1. The molecule has 1 aliphatic heterocycles. The maximum atomic E-state index is 12.8. The fraction of sp³-hybridized carbons (Fsp3) is 0.588. The number of hydrogen-bond acceptors (Lipinski definition) is 4. The number of urea groups is 1. The van der Waals surface area contributed by atoms with Crippen LogP contribution in [0.5, 0.6) is 0 Å². The van der Waals surface area contributed by atoms with Crippen LogP contribution < -0.4 is 5.32 Å². The summed E-state index contributed by atoms with van der Waals surface area (Å²) in [6.45, 7) is 3.33. The molecule has 2 amide bonds. The Hall–Kier alpha value is -2.35. The number of carbonyl (C=O) groups is 1. The normalized spacial score (nSPS) is 19.0. The maximum absolute atomic E-state index is 12.8. The third kappa shape index (κ3) is 3.84. The van der Waals surface area contributed by atoms with Crippen LogP contribution in [0.25, 0.3) is 0 Å². The second-order valence-corrected chi connectivity index (χ2v) is 6.50. The summed E-state index contributed by atoms with van der Waals surface area (Å²) in [6.07, 6.45) is 6.71. The van der Waals surface area contributed by atoms with Crippen molar-refractivity contribution in [3.8, 4) is 0 Å². The SMILES string of the molecule is COCC(C)n1ccc(NC(=O)N2CCCCC2c2ccnn2C)n1. The van der Waals surface area contributed by atoms with Crippen LogP contribution in [0, 0.1) is 0 Å². The summed E-state index contributed by atoms with van der Waals surface area (Å²) in [5, 5.41) is 11.6. The third-order valence-corrected chi connectivity index (χ3v) is 4.67. The molecule has 136 valence electrons. The lowest BCUT2D eigenvalue weighted by Gasteiger charge is -2.35. The summed E-state index contributed by atoms with van der Waals surface area (Å²) in [6, 6.07) is 3.85. The lowest BCUT2D eigenvalue weighted by Crippen LogP contribution is -2.41. The molecule has 0 bridgehead atoms. The summed E-state index contributed by atoms with van der Waals surface area (Å²) >= 11 is 0. The number of carbonyl (C=O) groups excluding carboxylic acids is 1. The van der Waals surface area contributed by atoms with Crippen LogP contribution in [0.3, 0.4) is 0 Å². The monoisotopic (exact) mass is 346 g/mol. The molecule has 1 N–H and O–H groups in total. The molecule has 0 spiro atoms. The third-order valence-electron chi connectivity index (χ3n) is 4.67. The average molecular weight is 346 g/mol. The van der Waals surface area contributed by atoms with Crippen molar-refractivity contribution >= 4 is 11.8 Å². The number of aryl methyl sites for hydroxylation is 1. The molecule has 2 aromatic rings. The first-order valence-corrected chi connectivity index (χ1v) is 8.69. The summed E-state index contributed by atoms with van der Waals surface area (Å²) < 4.78 is 8.79. The second-order valence-electron chi connectivity index (χ2n) is 6.50. The largest absolute Gasteiger partial charge is 0.382 e. The Kier molecular flexibility index (Phi) is 5.37. The van der Waals surface area contributed by atoms with Gasteiger partial charge >= 0.3 is 6.03 Å². The lowest BCUT2D eigenvalue weighted by molar-refractivity contribution is 0.156. The average Bonchev–Trinajstić information content (AvgIpc) is 3.24. The Bertz CT molecular complexity index is 710. The summed E-state index contributed by atoms with van der Waals surface area (Å²) in [5.41, 5.74) is 1.06. The molecular weight excluding hydrogens is 320 g/mol. The van der Waals surface area contributed by atoms with Crippen molar-refractivity contribution in [2.75, 3.05) is 25.6 Å². The zero-order valence-electron chi connectivity index (χ0n) is 15.1. The van der Waals surface area contributed by atoms with E-state index in [1.807, 2.05) is 41.9 Å². The highest BCUT2D eigenvalue weighted by Crippen LogP contribution is 2.30. The Morgan fingerprint density at radius 3 is 3.00 bits per heavy atom. The van der Waals surface area contributed by atoms with Gasteiger partial charge in [0.15, 0.2) is 5.82 Å². The van der Waals surface area contributed by atoms with Crippen LogP contribution in [0.2, 0.25) is 0 Å². The van der Waals surface area contributed by atoms with Gasteiger partial charge in [0, 0.05) is 39.2 Å². The number of aromatic nitrogens is 4. The van der Waals surface area contributed by atoms with E-state index in [1.165, 1.54) is 0 Å². The molecule has 3 heterocycles. The number of anilines is 1. The second kappa shape index (κ2) is 7.69. The minimum Gasteiger partial charge on any atom is -0.382 e. The topological polar surface area (TPSA) is 77.2 Å². The highest BCUT2D eigenvalue weighted by molar-refractivity contribution is 5.88. The molecule has 1 aliphatic rings. The van der Waals surface area contributed by atoms with Crippen molar-refractivity contribution < 1.29 is 9.53 Å². The van der Waals surface area contributed by atoms with Crippen molar-refractivity contribution in [1.82, 2.24) is 24.5 Å². The van der Waals surface area contributed by atoms with Crippen LogP contribution in [0.1, 0.15) is 44.0 Å². The maximum Gasteiger partial charge on any atom is 0.323 e. The molecule has 3 rings (SSSR count). The Balaban J connectivity index is 1.70. The van der Waals surface area contributed by atoms with Crippen LogP contribution in [0.15, 0.2) is 24.5 Å². The highest BCUT2D eigenvalue weighted by atomic mass is 16.5. The van der Waals surface area contributed by atoms with Gasteiger partial charge in [-0.2, -0.15) is 10.2 Å². The van der Waals surface area contributed by atoms with Gasteiger partial charge in [0.05, 0.1) is 24.4 Å². The van der Waals surface area contributed by atoms with Gasteiger partial charge in [-0.15, -0.1) is 0 Å². The first-order valence-electron chi connectivity index (χ1n) is 8.69. The molecule has 1 fully saturated rings. The quantitative estimate of drug-likeness (QED) is 0.903. The van der Waals surface area contributed by atoms with E-state index in [0.29, 0.717) is 12.4 Å². The Morgan fingerprint density at radius 1 is 1.44 bits per heavy atom. The lowest BCUT2D eigenvalue weighted by atomic mass is 10.00. The molecule has 1 saturated heterocycles. The fourth-order valence-corrected chi connectivity index (χ4v) is 3.34. The number of amides is 2. The van der Waals surface area contributed by atoms with Crippen LogP contribution >= 0.6 is 0 Å². The zero-order chi connectivity index (χ0) is 17.8. The highest BCUT2D eigenvalue weighted by Gasteiger charge is 2.30. The molecule has 0 radical (unpaired) electrons. The molecule has 8 nitrogen and oxygen atoms in total. The smallest absolute Gasteiger partial charge is 0.323 e. The van der Waals surface area contributed by atoms with Crippen LogP contribution in [-0.4, -0.2) is 50.8 Å². The van der Waals surface area contributed by atoms with Gasteiger partial charge in [0.1, 0.15) is 0 Å². The number of hydrogen-bond donors (Lipinski definition) is 1. The van der Waals surface area contributed by atoms with E-state index in [4.69, 9.17) is 4.74 Å². The summed E-state index contributed by atoms with van der Waals surface area (Å²) in [5.74, 6) is 0.558. The Morgan fingerprint density at radius 2 is 2.28 bits per heavy atom. The molecule has 8 heteroatoms. The van der Waals surface area contributed by atoms with Gasteiger partial charge < -0.3 is 9.64 Å². The number of rotatable bonds is 5. The van der Waals surface area contributed by atoms with Crippen LogP contribution in [0.4, 0.5) is 10.6 Å². The summed E-state index contributed by atoms with van der Waals surface area (Å²) in [4.78, 5) is 14.7. The van der Waals surface area contributed by atoms with E-state index in [-0.39, 0.29) is 18.1 Å². The van der Waals surface area contributed by atoms with Gasteiger partial charge in [0.25, 0.3) is 0 Å². The number of methoxy groups -OCH3 is 1. The van der Waals surface area contributed by atoms with Crippen LogP contribution in [-0.2, 0) is 11.8 Å². The van der Waals surface area contributed by atoms with E-state index >= 15 is 0 Å². The van der Waals surface area contributed by atoms with E-state index in [2.05, 4.69) is 15.5 Å². The Labute approximate surface area is 147 Å². The summed E-state index contributed by atoms with van der Waals surface area (Å²) in [7, 11) is 3.58. The molecule has 2 aromatic heterocycles. The van der Waals surface area contributed by atoms with Gasteiger partial charge in [0.2, 0.25) is 0 Å². The van der Waals surface area contributed by atoms with Gasteiger partial charge in [-0.05, 0) is 32.3 Å². The standard InChI is InChI=1S/C17H26N6O2/c1-13(12-25-3)23-11-8-16(20-23)19-17(24)22-10-5-4-6-15(22)14-7-9-18-21(14)2/h7-9,11,13,15H,4-6,10,12H2,1-3H3,(H,19,20,24). The molecule has 0 aromatic carbocycles. The van der Waals surface area contributed by atoms with Gasteiger partial charge in [-0.25, -0.2) is 4.79 Å². The van der Waals surface area contributed by atoms with E-state index in [9.17, 15) is 4.79 Å². The minimum absolute atomic E-state index is 0.0516. The van der Waals surface area contributed by atoms with Crippen molar-refractivity contribution in [2.24, 2.45) is 7.05 Å². The first kappa shape index (κ1) is 17.5. The van der Waals surface area contributed by atoms with Gasteiger partial charge in [-0.3, -0.25) is 14.7 Å². The van der Waals surface area contributed by atoms with Crippen molar-refractivity contribution in [1.29, 1.82) is 0 Å². The first-order chi connectivity index (χ1) is 12.1. The fourth-order valence-electron chi connectivity index (χ4n) is 3.34. The molecule has 0 saturated carbocycles. The molecule has 0 aliphatic carbocycles. The van der Waals surface area contributed by atoms with Crippen molar-refractivity contribution in [2.45, 2.75) is 38.3 Å². The van der Waals surface area contributed by atoms with Crippen molar-refractivity contribution in [3.05, 3.63) is 30.2 Å². The predicted molar refractivity (Wildman–Crippen MR) is 94.3 cm³/mol. The van der Waals surface area contributed by atoms with E-state index < -0.39 is 0 Å².